The second-order valence-corrected chi connectivity index (χ2v) is 5.32. The standard InChI is InChI=1S/C11H11Br2FN2O3/c1-11(5-12,6-13)15-10(17)8-4-7(14)2-3-9(8)16(18)19/h2-4H,5-6H2,1H3,(H,15,17). The number of carbonyl (C=O) groups excluding carboxylic acids is 1. The van der Waals surface area contributed by atoms with E-state index in [2.05, 4.69) is 37.2 Å². The van der Waals surface area contributed by atoms with Gasteiger partial charge in [-0.2, -0.15) is 0 Å². The zero-order chi connectivity index (χ0) is 14.6. The van der Waals surface area contributed by atoms with Crippen LogP contribution in [0.3, 0.4) is 0 Å². The first kappa shape index (κ1) is 16.0. The number of nitrogens with zero attached hydrogens (tertiary/aromatic N) is 1. The number of hydrogen-bond donors (Lipinski definition) is 1. The maximum absolute atomic E-state index is 13.1. The number of benzene rings is 1. The molecule has 0 aliphatic rings. The smallest absolute Gasteiger partial charge is 0.282 e. The van der Waals surface area contributed by atoms with E-state index in [0.717, 1.165) is 18.2 Å². The molecule has 1 aromatic carbocycles. The van der Waals surface area contributed by atoms with Crippen molar-refractivity contribution in [3.63, 3.8) is 0 Å². The Bertz CT molecular complexity index is 507. The number of amides is 1. The predicted molar refractivity (Wildman–Crippen MR) is 76.5 cm³/mol. The highest BCUT2D eigenvalue weighted by Crippen LogP contribution is 2.21. The van der Waals surface area contributed by atoms with E-state index in [0.29, 0.717) is 10.7 Å². The van der Waals surface area contributed by atoms with Crippen molar-refractivity contribution in [1.82, 2.24) is 5.32 Å². The van der Waals surface area contributed by atoms with Crippen molar-refractivity contribution in [2.75, 3.05) is 10.7 Å². The summed E-state index contributed by atoms with van der Waals surface area (Å²) in [7, 11) is 0. The van der Waals surface area contributed by atoms with Crippen molar-refractivity contribution in [3.05, 3.63) is 39.7 Å². The molecule has 5 nitrogen and oxygen atoms in total. The second kappa shape index (κ2) is 6.42. The predicted octanol–water partition coefficient (Wildman–Crippen LogP) is 3.01. The molecule has 1 aromatic rings. The van der Waals surface area contributed by atoms with E-state index >= 15 is 0 Å². The van der Waals surface area contributed by atoms with Crippen LogP contribution in [-0.4, -0.2) is 27.0 Å². The van der Waals surface area contributed by atoms with E-state index in [1.807, 2.05) is 0 Å². The molecule has 1 amide bonds. The zero-order valence-corrected chi connectivity index (χ0v) is 13.1. The van der Waals surface area contributed by atoms with Crippen molar-refractivity contribution in [3.8, 4) is 0 Å². The van der Waals surface area contributed by atoms with Crippen LogP contribution in [0.4, 0.5) is 10.1 Å². The summed E-state index contributed by atoms with van der Waals surface area (Å²) in [6.45, 7) is 1.75. The van der Waals surface area contributed by atoms with Gasteiger partial charge in [-0.05, 0) is 19.1 Å². The highest BCUT2D eigenvalue weighted by atomic mass is 79.9. The first-order valence-electron chi connectivity index (χ1n) is 5.21. The number of hydrogen-bond acceptors (Lipinski definition) is 3. The van der Waals surface area contributed by atoms with Gasteiger partial charge in [-0.3, -0.25) is 14.9 Å². The topological polar surface area (TPSA) is 72.2 Å². The Kier molecular flexibility index (Phi) is 5.42. The first-order chi connectivity index (χ1) is 8.83. The number of nitrogens with one attached hydrogen (secondary N) is 1. The summed E-state index contributed by atoms with van der Waals surface area (Å²) in [5.74, 6) is -1.39. The van der Waals surface area contributed by atoms with Crippen LogP contribution in [0.1, 0.15) is 17.3 Å². The van der Waals surface area contributed by atoms with Gasteiger partial charge in [0.15, 0.2) is 0 Å². The van der Waals surface area contributed by atoms with Gasteiger partial charge in [0.1, 0.15) is 11.4 Å². The monoisotopic (exact) mass is 396 g/mol. The lowest BCUT2D eigenvalue weighted by Gasteiger charge is -2.26. The average Bonchev–Trinajstić information content (AvgIpc) is 2.38. The molecule has 0 atom stereocenters. The third kappa shape index (κ3) is 3.97. The van der Waals surface area contributed by atoms with Crippen molar-refractivity contribution < 1.29 is 14.1 Å². The summed E-state index contributed by atoms with van der Waals surface area (Å²) in [6.07, 6.45) is 0. The number of rotatable bonds is 5. The van der Waals surface area contributed by atoms with Crippen molar-refractivity contribution in [2.24, 2.45) is 0 Å². The first-order valence-corrected chi connectivity index (χ1v) is 7.45. The Morgan fingerprint density at radius 3 is 2.53 bits per heavy atom. The Morgan fingerprint density at radius 2 is 2.05 bits per heavy atom. The van der Waals surface area contributed by atoms with Crippen molar-refractivity contribution in [2.45, 2.75) is 12.5 Å². The molecule has 8 heteroatoms. The third-order valence-electron chi connectivity index (χ3n) is 2.41. The second-order valence-electron chi connectivity index (χ2n) is 4.20. The Morgan fingerprint density at radius 1 is 1.47 bits per heavy atom. The summed E-state index contributed by atoms with van der Waals surface area (Å²) in [6, 6.07) is 2.78. The summed E-state index contributed by atoms with van der Waals surface area (Å²) < 4.78 is 13.1. The molecule has 0 aliphatic carbocycles. The van der Waals surface area contributed by atoms with Gasteiger partial charge in [0.05, 0.1) is 10.5 Å². The van der Waals surface area contributed by atoms with E-state index in [-0.39, 0.29) is 5.56 Å². The fourth-order valence-corrected chi connectivity index (χ4v) is 2.50. The average molecular weight is 398 g/mol. The van der Waals surface area contributed by atoms with Crippen LogP contribution in [-0.2, 0) is 0 Å². The van der Waals surface area contributed by atoms with Gasteiger partial charge in [0, 0.05) is 16.7 Å². The van der Waals surface area contributed by atoms with E-state index in [1.165, 1.54) is 0 Å². The minimum Gasteiger partial charge on any atom is -0.345 e. The summed E-state index contributed by atoms with van der Waals surface area (Å²) in [5, 5.41) is 14.3. The number of halogens is 3. The van der Waals surface area contributed by atoms with Gasteiger partial charge >= 0.3 is 0 Å². The molecule has 0 aromatic heterocycles. The zero-order valence-electron chi connectivity index (χ0n) is 9.95. The summed E-state index contributed by atoms with van der Waals surface area (Å²) in [5.41, 5.74) is -1.35. The van der Waals surface area contributed by atoms with Crippen molar-refractivity contribution in [1.29, 1.82) is 0 Å². The van der Waals surface area contributed by atoms with Gasteiger partial charge in [-0.1, -0.05) is 31.9 Å². The van der Waals surface area contributed by atoms with Crippen LogP contribution >= 0.6 is 31.9 Å². The molecular formula is C11H11Br2FN2O3. The molecule has 0 radical (unpaired) electrons. The molecule has 1 rings (SSSR count). The largest absolute Gasteiger partial charge is 0.345 e. The SMILES string of the molecule is CC(CBr)(CBr)NC(=O)c1cc(F)ccc1[N+](=O)[O-]. The van der Waals surface area contributed by atoms with E-state index in [9.17, 15) is 19.3 Å². The van der Waals surface area contributed by atoms with Crippen LogP contribution < -0.4 is 5.32 Å². The molecular weight excluding hydrogens is 387 g/mol. The van der Waals surface area contributed by atoms with Gasteiger partial charge in [-0.25, -0.2) is 4.39 Å². The van der Waals surface area contributed by atoms with Crippen LogP contribution in [0.2, 0.25) is 0 Å². The number of alkyl halides is 2. The Labute approximate surface area is 126 Å². The fraction of sp³-hybridized carbons (Fsp3) is 0.364. The van der Waals surface area contributed by atoms with Crippen molar-refractivity contribution >= 4 is 43.5 Å². The number of nitro benzene ring substituents is 1. The lowest BCUT2D eigenvalue weighted by molar-refractivity contribution is -0.385. The highest BCUT2D eigenvalue weighted by molar-refractivity contribution is 9.09. The lowest BCUT2D eigenvalue weighted by atomic mass is 10.1. The molecule has 0 aliphatic heterocycles. The molecule has 0 saturated carbocycles. The van der Waals surface area contributed by atoms with Crippen LogP contribution in [0, 0.1) is 15.9 Å². The molecule has 0 fully saturated rings. The Balaban J connectivity index is 3.12. The normalized spacial score (nSPS) is 11.2. The van der Waals surface area contributed by atoms with Crippen LogP contribution in [0.5, 0.6) is 0 Å². The van der Waals surface area contributed by atoms with Gasteiger partial charge < -0.3 is 5.32 Å². The molecule has 0 bridgehead atoms. The maximum Gasteiger partial charge on any atom is 0.282 e. The summed E-state index contributed by atoms with van der Waals surface area (Å²) >= 11 is 6.48. The highest BCUT2D eigenvalue weighted by Gasteiger charge is 2.28. The molecule has 104 valence electrons. The molecule has 0 unspecified atom stereocenters. The molecule has 19 heavy (non-hydrogen) atoms. The minimum atomic E-state index is -0.714. The van der Waals surface area contributed by atoms with Gasteiger partial charge in [0.25, 0.3) is 11.6 Å². The quantitative estimate of drug-likeness (QED) is 0.471. The summed E-state index contributed by atoms with van der Waals surface area (Å²) in [4.78, 5) is 22.1. The third-order valence-corrected chi connectivity index (χ3v) is 4.88. The van der Waals surface area contributed by atoms with E-state index < -0.39 is 27.9 Å². The minimum absolute atomic E-state index is 0.293. The lowest BCUT2D eigenvalue weighted by Crippen LogP contribution is -2.49. The molecule has 0 heterocycles. The molecule has 0 spiro atoms. The Hall–Kier alpha value is -1.02. The number of nitro groups is 1. The van der Waals surface area contributed by atoms with Gasteiger partial charge in [-0.15, -0.1) is 0 Å². The molecule has 1 N–H and O–H groups in total. The maximum atomic E-state index is 13.1. The van der Waals surface area contributed by atoms with E-state index in [1.54, 1.807) is 6.92 Å². The van der Waals surface area contributed by atoms with Crippen LogP contribution in [0.25, 0.3) is 0 Å². The fourth-order valence-electron chi connectivity index (χ4n) is 1.29. The van der Waals surface area contributed by atoms with Gasteiger partial charge in [0.2, 0.25) is 0 Å². The van der Waals surface area contributed by atoms with Crippen LogP contribution in [0.15, 0.2) is 18.2 Å². The van der Waals surface area contributed by atoms with E-state index in [4.69, 9.17) is 0 Å². The molecule has 0 saturated heterocycles. The number of carbonyl (C=O) groups is 1.